The highest BCUT2D eigenvalue weighted by Gasteiger charge is 2.39. The molecule has 0 saturated carbocycles. The van der Waals surface area contributed by atoms with E-state index in [-0.39, 0.29) is 30.5 Å². The van der Waals surface area contributed by atoms with E-state index in [2.05, 4.69) is 0 Å². The summed E-state index contributed by atoms with van der Waals surface area (Å²) in [4.78, 5) is 29.7. The van der Waals surface area contributed by atoms with Crippen LogP contribution in [0.15, 0.2) is 41.8 Å². The quantitative estimate of drug-likeness (QED) is 0.718. The van der Waals surface area contributed by atoms with Crippen LogP contribution in [0.2, 0.25) is 0 Å². The highest BCUT2D eigenvalue weighted by Crippen LogP contribution is 2.33. The molecule has 9 heteroatoms. The van der Waals surface area contributed by atoms with Gasteiger partial charge in [0.05, 0.1) is 24.0 Å². The zero-order valence-corrected chi connectivity index (χ0v) is 18.3. The second-order valence-electron chi connectivity index (χ2n) is 7.59. The molecule has 2 saturated heterocycles. The van der Waals surface area contributed by atoms with Crippen molar-refractivity contribution in [2.45, 2.75) is 18.1 Å². The summed E-state index contributed by atoms with van der Waals surface area (Å²) < 4.78 is 30.6. The molecule has 2 aliphatic heterocycles. The predicted octanol–water partition coefficient (Wildman–Crippen LogP) is 2.50. The third-order valence-corrected chi connectivity index (χ3v) is 9.01. The van der Waals surface area contributed by atoms with E-state index in [0.29, 0.717) is 25.3 Å². The Hall–Kier alpha value is -2.39. The van der Waals surface area contributed by atoms with Gasteiger partial charge in [0, 0.05) is 36.6 Å². The van der Waals surface area contributed by atoms with Crippen molar-refractivity contribution in [1.82, 2.24) is 4.90 Å². The Kier molecular flexibility index (Phi) is 5.84. The first-order chi connectivity index (χ1) is 14.4. The summed E-state index contributed by atoms with van der Waals surface area (Å²) in [5, 5.41) is 1.31. The summed E-state index contributed by atoms with van der Waals surface area (Å²) in [7, 11) is -1.74. The zero-order chi connectivity index (χ0) is 21.3. The van der Waals surface area contributed by atoms with Crippen LogP contribution >= 0.6 is 11.3 Å². The first-order valence-electron chi connectivity index (χ1n) is 9.87. The lowest BCUT2D eigenvalue weighted by molar-refractivity contribution is -0.135. The first kappa shape index (κ1) is 20.9. The number of nitrogens with zero attached hydrogens (tertiary/aromatic N) is 2. The van der Waals surface area contributed by atoms with Crippen LogP contribution in [0, 0.1) is 5.92 Å². The van der Waals surface area contributed by atoms with Gasteiger partial charge in [-0.15, -0.1) is 11.3 Å². The monoisotopic (exact) mass is 448 g/mol. The van der Waals surface area contributed by atoms with Crippen LogP contribution in [-0.2, 0) is 19.4 Å². The molecular formula is C21H24N2O5S2. The summed E-state index contributed by atoms with van der Waals surface area (Å²) in [6.07, 6.45) is 0.528. The minimum Gasteiger partial charge on any atom is -0.497 e. The van der Waals surface area contributed by atoms with Crippen LogP contribution in [0.1, 0.15) is 23.0 Å². The van der Waals surface area contributed by atoms with Crippen molar-refractivity contribution < 1.29 is 22.7 Å². The van der Waals surface area contributed by atoms with Crippen LogP contribution in [0.25, 0.3) is 0 Å². The van der Waals surface area contributed by atoms with Crippen molar-refractivity contribution in [3.05, 3.63) is 46.7 Å². The molecule has 2 atom stereocenters. The topological polar surface area (TPSA) is 84.0 Å². The average molecular weight is 449 g/mol. The molecule has 0 spiro atoms. The van der Waals surface area contributed by atoms with Crippen molar-refractivity contribution in [3.8, 4) is 5.75 Å². The van der Waals surface area contributed by atoms with Crippen molar-refractivity contribution in [1.29, 1.82) is 0 Å². The smallest absolute Gasteiger partial charge is 0.228 e. The van der Waals surface area contributed by atoms with Crippen molar-refractivity contribution in [2.75, 3.05) is 37.4 Å². The lowest BCUT2D eigenvalue weighted by atomic mass is 10.1. The molecule has 1 aromatic carbocycles. The summed E-state index contributed by atoms with van der Waals surface area (Å²) in [6.45, 7) is 0.867. The standard InChI is InChI=1S/C21H24N2O5S2/c1-28-17-6-4-16(5-7-17)23-14-15(13-20(23)24)21(25)22-9-8-19(18-3-2-11-29-18)30(26,27)12-10-22/h2-7,11,15,19H,8-10,12-14H2,1H3. The number of anilines is 1. The number of methoxy groups -OCH3 is 1. The van der Waals surface area contributed by atoms with E-state index in [1.165, 1.54) is 11.3 Å². The molecule has 2 amide bonds. The van der Waals surface area contributed by atoms with E-state index in [9.17, 15) is 18.0 Å². The normalized spacial score (nSPS) is 24.0. The van der Waals surface area contributed by atoms with Crippen LogP contribution < -0.4 is 9.64 Å². The van der Waals surface area contributed by atoms with Gasteiger partial charge in [0.15, 0.2) is 9.84 Å². The van der Waals surface area contributed by atoms with Gasteiger partial charge in [0.2, 0.25) is 11.8 Å². The number of hydrogen-bond donors (Lipinski definition) is 0. The molecule has 2 aromatic rings. The Balaban J connectivity index is 1.45. The van der Waals surface area contributed by atoms with Crippen molar-refractivity contribution in [2.24, 2.45) is 5.92 Å². The lowest BCUT2D eigenvalue weighted by Crippen LogP contribution is -2.39. The molecule has 1 aromatic heterocycles. The van der Waals surface area contributed by atoms with E-state index >= 15 is 0 Å². The largest absolute Gasteiger partial charge is 0.497 e. The van der Waals surface area contributed by atoms with Crippen LogP contribution in [0.4, 0.5) is 5.69 Å². The Bertz CT molecular complexity index is 1020. The molecular weight excluding hydrogens is 424 g/mol. The van der Waals surface area contributed by atoms with Crippen molar-refractivity contribution in [3.63, 3.8) is 0 Å². The molecule has 2 aliphatic rings. The number of carbonyl (C=O) groups excluding carboxylic acids is 2. The second kappa shape index (κ2) is 8.39. The van der Waals surface area contributed by atoms with E-state index in [4.69, 9.17) is 4.74 Å². The molecule has 0 bridgehead atoms. The molecule has 2 fully saturated rings. The highest BCUT2D eigenvalue weighted by atomic mass is 32.2. The summed E-state index contributed by atoms with van der Waals surface area (Å²) in [5.41, 5.74) is 0.729. The maximum atomic E-state index is 13.1. The third kappa shape index (κ3) is 4.09. The van der Waals surface area contributed by atoms with Gasteiger partial charge in [-0.05, 0) is 42.1 Å². The van der Waals surface area contributed by atoms with E-state index in [1.54, 1.807) is 41.2 Å². The van der Waals surface area contributed by atoms with Crippen molar-refractivity contribution >= 4 is 38.7 Å². The Labute approximate surface area is 180 Å². The number of benzene rings is 1. The summed E-state index contributed by atoms with van der Waals surface area (Å²) in [6, 6.07) is 10.8. The minimum atomic E-state index is -3.32. The van der Waals surface area contributed by atoms with Crippen LogP contribution in [0.3, 0.4) is 0 Å². The molecule has 0 aliphatic carbocycles. The summed E-state index contributed by atoms with van der Waals surface area (Å²) in [5.74, 6) is -0.0482. The number of rotatable bonds is 4. The summed E-state index contributed by atoms with van der Waals surface area (Å²) >= 11 is 1.43. The van der Waals surface area contributed by atoms with Gasteiger partial charge in [0.1, 0.15) is 5.75 Å². The van der Waals surface area contributed by atoms with Gasteiger partial charge in [-0.2, -0.15) is 0 Å². The number of ether oxygens (including phenoxy) is 1. The highest BCUT2D eigenvalue weighted by molar-refractivity contribution is 7.91. The minimum absolute atomic E-state index is 0.0514. The fourth-order valence-electron chi connectivity index (χ4n) is 4.10. The fraction of sp³-hybridized carbons (Fsp3) is 0.429. The fourth-order valence-corrected chi connectivity index (χ4v) is 7.11. The average Bonchev–Trinajstić information content (AvgIpc) is 3.36. The van der Waals surface area contributed by atoms with Crippen LogP contribution in [0.5, 0.6) is 5.75 Å². The molecule has 30 heavy (non-hydrogen) atoms. The lowest BCUT2D eigenvalue weighted by Gasteiger charge is -2.23. The maximum Gasteiger partial charge on any atom is 0.228 e. The first-order valence-corrected chi connectivity index (χ1v) is 12.5. The molecule has 7 nitrogen and oxygen atoms in total. The van der Waals surface area contributed by atoms with Gasteiger partial charge in [-0.25, -0.2) is 8.42 Å². The van der Waals surface area contributed by atoms with Gasteiger partial charge in [-0.3, -0.25) is 9.59 Å². The van der Waals surface area contributed by atoms with Gasteiger partial charge in [-0.1, -0.05) is 6.07 Å². The van der Waals surface area contributed by atoms with E-state index < -0.39 is 21.0 Å². The molecule has 4 rings (SSSR count). The van der Waals surface area contributed by atoms with E-state index in [1.807, 2.05) is 17.5 Å². The Morgan fingerprint density at radius 2 is 1.93 bits per heavy atom. The van der Waals surface area contributed by atoms with Gasteiger partial charge >= 0.3 is 0 Å². The SMILES string of the molecule is COc1ccc(N2CC(C(=O)N3CCC(c4cccs4)S(=O)(=O)CC3)CC2=O)cc1. The predicted molar refractivity (Wildman–Crippen MR) is 115 cm³/mol. The Morgan fingerprint density at radius 1 is 1.17 bits per heavy atom. The third-order valence-electron chi connectivity index (χ3n) is 5.77. The molecule has 2 unspecified atom stereocenters. The van der Waals surface area contributed by atoms with Gasteiger partial charge < -0.3 is 14.5 Å². The Morgan fingerprint density at radius 3 is 2.60 bits per heavy atom. The molecule has 0 N–H and O–H groups in total. The van der Waals surface area contributed by atoms with Gasteiger partial charge in [0.25, 0.3) is 0 Å². The maximum absolute atomic E-state index is 13.1. The number of amides is 2. The molecule has 160 valence electrons. The number of carbonyl (C=O) groups is 2. The molecule has 3 heterocycles. The zero-order valence-electron chi connectivity index (χ0n) is 16.7. The number of hydrogen-bond acceptors (Lipinski definition) is 6. The van der Waals surface area contributed by atoms with Crippen LogP contribution in [-0.4, -0.2) is 57.6 Å². The second-order valence-corrected chi connectivity index (χ2v) is 10.9. The molecule has 0 radical (unpaired) electrons. The number of thiophene rings is 1. The number of sulfone groups is 1. The van der Waals surface area contributed by atoms with E-state index in [0.717, 1.165) is 10.6 Å².